The number of nitrogens with one attached hydrogen (secondary N) is 1. The van der Waals surface area contributed by atoms with Gasteiger partial charge in [-0.1, -0.05) is 17.7 Å². The number of rotatable bonds is 6. The fraction of sp³-hybridized carbons (Fsp3) is 0.387. The molecule has 1 aliphatic heterocycles. The van der Waals surface area contributed by atoms with Crippen LogP contribution < -0.4 is 10.9 Å². The average Bonchev–Trinajstić information content (AvgIpc) is 3.63. The van der Waals surface area contributed by atoms with Gasteiger partial charge in [0.1, 0.15) is 5.15 Å². The highest BCUT2D eigenvalue weighted by Gasteiger charge is 2.27. The first kappa shape index (κ1) is 28.7. The first-order chi connectivity index (χ1) is 20.6. The summed E-state index contributed by atoms with van der Waals surface area (Å²) in [6, 6.07) is 7.67. The summed E-state index contributed by atoms with van der Waals surface area (Å²) in [4.78, 5) is 32.2. The second kappa shape index (κ2) is 11.4. The number of aromatic nitrogens is 6. The van der Waals surface area contributed by atoms with Crippen molar-refractivity contribution in [2.45, 2.75) is 45.7 Å². The SMILES string of the molecule is CCOC(=O)N1CCC(n2cc3c4c(C(C)Nc5ccc(Cl)nc5-c5cnn(C)c5)cc(C)cc4c(=O)n(C)c3n2)CC1. The molecule has 224 valence electrons. The van der Waals surface area contributed by atoms with Crippen LogP contribution in [0.2, 0.25) is 5.15 Å². The molecular formula is C31H35ClN8O3. The number of hydrogen-bond acceptors (Lipinski definition) is 7. The van der Waals surface area contributed by atoms with E-state index < -0.39 is 0 Å². The molecule has 0 spiro atoms. The molecule has 4 aromatic heterocycles. The van der Waals surface area contributed by atoms with Crippen LogP contribution in [0.1, 0.15) is 49.9 Å². The lowest BCUT2D eigenvalue weighted by Gasteiger charge is -2.31. The molecule has 1 aromatic carbocycles. The van der Waals surface area contributed by atoms with E-state index in [0.717, 1.165) is 46.0 Å². The van der Waals surface area contributed by atoms with Crippen LogP contribution in [0, 0.1) is 6.92 Å². The minimum Gasteiger partial charge on any atom is -0.450 e. The number of pyridine rings is 2. The maximum absolute atomic E-state index is 13.7. The molecule has 0 saturated carbocycles. The van der Waals surface area contributed by atoms with E-state index in [9.17, 15) is 9.59 Å². The van der Waals surface area contributed by atoms with Crippen LogP contribution in [0.3, 0.4) is 0 Å². The summed E-state index contributed by atoms with van der Waals surface area (Å²) in [6.45, 7) is 7.45. The Labute approximate surface area is 254 Å². The summed E-state index contributed by atoms with van der Waals surface area (Å²) >= 11 is 6.29. The van der Waals surface area contributed by atoms with Crippen LogP contribution in [-0.4, -0.2) is 59.8 Å². The van der Waals surface area contributed by atoms with Crippen molar-refractivity contribution in [1.29, 1.82) is 0 Å². The Morgan fingerprint density at radius 1 is 1.16 bits per heavy atom. The van der Waals surface area contributed by atoms with E-state index in [1.165, 1.54) is 0 Å². The van der Waals surface area contributed by atoms with Gasteiger partial charge in [0.25, 0.3) is 5.56 Å². The second-order valence-corrected chi connectivity index (χ2v) is 11.6. The topological polar surface area (TPSA) is 112 Å². The first-order valence-electron chi connectivity index (χ1n) is 14.5. The van der Waals surface area contributed by atoms with E-state index in [0.29, 0.717) is 41.6 Å². The minimum absolute atomic E-state index is 0.0914. The van der Waals surface area contributed by atoms with Crippen LogP contribution in [0.4, 0.5) is 10.5 Å². The van der Waals surface area contributed by atoms with Gasteiger partial charge in [-0.05, 0) is 62.9 Å². The van der Waals surface area contributed by atoms with Gasteiger partial charge in [-0.3, -0.25) is 18.7 Å². The van der Waals surface area contributed by atoms with Crippen LogP contribution in [-0.2, 0) is 18.8 Å². The van der Waals surface area contributed by atoms with Crippen LogP contribution in [0.5, 0.6) is 0 Å². The number of piperidine rings is 1. The number of carbonyl (C=O) groups is 1. The van der Waals surface area contributed by atoms with Crippen LogP contribution in [0.15, 0.2) is 47.7 Å². The largest absolute Gasteiger partial charge is 0.450 e. The van der Waals surface area contributed by atoms with E-state index in [1.807, 2.05) is 43.9 Å². The van der Waals surface area contributed by atoms with Gasteiger partial charge in [-0.15, -0.1) is 0 Å². The highest BCUT2D eigenvalue weighted by Crippen LogP contribution is 2.36. The Kier molecular flexibility index (Phi) is 7.59. The molecule has 1 amide bonds. The predicted octanol–water partition coefficient (Wildman–Crippen LogP) is 5.61. The number of aryl methyl sites for hydroxylation is 3. The highest BCUT2D eigenvalue weighted by atomic mass is 35.5. The number of carbonyl (C=O) groups excluding carboxylic acids is 1. The molecule has 1 fully saturated rings. The highest BCUT2D eigenvalue weighted by molar-refractivity contribution is 6.29. The quantitative estimate of drug-likeness (QED) is 0.251. The molecule has 1 atom stereocenters. The zero-order valence-electron chi connectivity index (χ0n) is 25.0. The van der Waals surface area contributed by atoms with Crippen molar-refractivity contribution in [3.8, 4) is 11.3 Å². The Bertz CT molecular complexity index is 1900. The molecule has 43 heavy (non-hydrogen) atoms. The van der Waals surface area contributed by atoms with Crippen molar-refractivity contribution < 1.29 is 9.53 Å². The van der Waals surface area contributed by atoms with E-state index in [2.05, 4.69) is 34.6 Å². The van der Waals surface area contributed by atoms with Gasteiger partial charge in [0.05, 0.1) is 30.2 Å². The second-order valence-electron chi connectivity index (χ2n) is 11.2. The maximum Gasteiger partial charge on any atom is 0.409 e. The van der Waals surface area contributed by atoms with Crippen molar-refractivity contribution in [2.75, 3.05) is 25.0 Å². The van der Waals surface area contributed by atoms with Gasteiger partial charge in [-0.2, -0.15) is 10.2 Å². The number of amides is 1. The van der Waals surface area contributed by atoms with Gasteiger partial charge >= 0.3 is 6.09 Å². The lowest BCUT2D eigenvalue weighted by Crippen LogP contribution is -2.39. The summed E-state index contributed by atoms with van der Waals surface area (Å²) in [5, 5.41) is 15.7. The molecule has 5 aromatic rings. The Morgan fingerprint density at radius 2 is 1.93 bits per heavy atom. The molecule has 1 N–H and O–H groups in total. The van der Waals surface area contributed by atoms with Crippen LogP contribution in [0.25, 0.3) is 33.1 Å². The number of likely N-dealkylation sites (tertiary alicyclic amines) is 1. The molecule has 1 unspecified atom stereocenters. The Hall–Kier alpha value is -4.38. The fourth-order valence-corrected chi connectivity index (χ4v) is 6.20. The molecule has 1 aliphatic rings. The van der Waals surface area contributed by atoms with Crippen molar-refractivity contribution in [3.63, 3.8) is 0 Å². The van der Waals surface area contributed by atoms with Gasteiger partial charge < -0.3 is 15.0 Å². The van der Waals surface area contributed by atoms with E-state index in [1.54, 1.807) is 33.5 Å². The number of hydrogen-bond donors (Lipinski definition) is 1. The lowest BCUT2D eigenvalue weighted by molar-refractivity contribution is 0.0916. The molecular weight excluding hydrogens is 568 g/mol. The predicted molar refractivity (Wildman–Crippen MR) is 168 cm³/mol. The van der Waals surface area contributed by atoms with Gasteiger partial charge in [0.2, 0.25) is 0 Å². The van der Waals surface area contributed by atoms with Gasteiger partial charge in [0, 0.05) is 67.3 Å². The van der Waals surface area contributed by atoms with E-state index in [4.69, 9.17) is 21.4 Å². The third-order valence-electron chi connectivity index (χ3n) is 8.19. The molecule has 5 heterocycles. The van der Waals surface area contributed by atoms with Crippen molar-refractivity contribution >= 4 is 45.2 Å². The fourth-order valence-electron chi connectivity index (χ4n) is 6.05. The third kappa shape index (κ3) is 5.33. The summed E-state index contributed by atoms with van der Waals surface area (Å²) in [5.74, 6) is 0. The zero-order valence-corrected chi connectivity index (χ0v) is 25.7. The van der Waals surface area contributed by atoms with Gasteiger partial charge in [-0.25, -0.2) is 9.78 Å². The molecule has 0 radical (unpaired) electrons. The maximum atomic E-state index is 13.7. The molecule has 6 rings (SSSR count). The monoisotopic (exact) mass is 602 g/mol. The van der Waals surface area contributed by atoms with E-state index >= 15 is 0 Å². The summed E-state index contributed by atoms with van der Waals surface area (Å²) in [7, 11) is 3.63. The number of benzene rings is 1. The Balaban J connectivity index is 1.41. The normalized spacial score (nSPS) is 14.9. The average molecular weight is 603 g/mol. The third-order valence-corrected chi connectivity index (χ3v) is 8.40. The molecule has 1 saturated heterocycles. The number of halogens is 1. The first-order valence-corrected chi connectivity index (χ1v) is 14.9. The zero-order chi connectivity index (χ0) is 30.4. The molecule has 0 bridgehead atoms. The minimum atomic E-state index is -0.274. The van der Waals surface area contributed by atoms with Crippen molar-refractivity contribution in [3.05, 3.63) is 69.5 Å². The Morgan fingerprint density at radius 3 is 2.63 bits per heavy atom. The molecule has 0 aliphatic carbocycles. The standard InChI is InChI=1S/C31H35ClN8O3/c1-6-43-31(42)39-11-9-21(10-12-39)40-17-24-27-22(13-18(2)14-23(27)30(41)38(5)29(24)36-40)19(3)34-25-7-8-26(32)35-28(25)20-15-33-37(4)16-20/h7-8,13-17,19,21,34H,6,9-12H2,1-5H3. The smallest absolute Gasteiger partial charge is 0.409 e. The van der Waals surface area contributed by atoms with E-state index in [-0.39, 0.29) is 23.7 Å². The van der Waals surface area contributed by atoms with Crippen molar-refractivity contribution in [1.82, 2.24) is 34.0 Å². The summed E-state index contributed by atoms with van der Waals surface area (Å²) in [5.41, 5.74) is 4.88. The lowest BCUT2D eigenvalue weighted by atomic mass is 9.95. The summed E-state index contributed by atoms with van der Waals surface area (Å²) < 4.78 is 10.5. The number of ether oxygens (including phenoxy) is 1. The van der Waals surface area contributed by atoms with Crippen LogP contribution >= 0.6 is 11.6 Å². The number of nitrogens with zero attached hydrogens (tertiary/aromatic N) is 7. The number of anilines is 1. The van der Waals surface area contributed by atoms with Gasteiger partial charge in [0.15, 0.2) is 5.65 Å². The number of fused-ring (bicyclic) bond motifs is 3. The van der Waals surface area contributed by atoms with Crippen molar-refractivity contribution in [2.24, 2.45) is 14.1 Å². The molecule has 12 heteroatoms. The molecule has 11 nitrogen and oxygen atoms in total. The summed E-state index contributed by atoms with van der Waals surface area (Å²) in [6.07, 6.45) is 6.94.